The molecule has 0 bridgehead atoms. The zero-order valence-corrected chi connectivity index (χ0v) is 15.6. The Morgan fingerprint density at radius 3 is 2.46 bits per heavy atom. The number of hydrogen-bond donors (Lipinski definition) is 0. The van der Waals surface area contributed by atoms with Gasteiger partial charge in [-0.05, 0) is 36.6 Å². The van der Waals surface area contributed by atoms with Gasteiger partial charge in [-0.1, -0.05) is 53.5 Å². The molecule has 1 amide bonds. The Labute approximate surface area is 162 Å². The number of allylic oxidation sites excluding steroid dienone is 2. The van der Waals surface area contributed by atoms with E-state index < -0.39 is 0 Å². The van der Waals surface area contributed by atoms with Crippen molar-refractivity contribution in [2.45, 2.75) is 31.6 Å². The van der Waals surface area contributed by atoms with E-state index in [-0.39, 0.29) is 24.0 Å². The molecular formula is C21H17Cl2NO2. The number of anilines is 1. The number of rotatable bonds is 2. The Morgan fingerprint density at radius 1 is 0.962 bits per heavy atom. The van der Waals surface area contributed by atoms with Crippen molar-refractivity contribution in [3.8, 4) is 0 Å². The van der Waals surface area contributed by atoms with E-state index in [9.17, 15) is 9.59 Å². The summed E-state index contributed by atoms with van der Waals surface area (Å²) in [7, 11) is 0. The number of nitrogens with zero attached hydrogens (tertiary/aromatic N) is 1. The number of hydrogen-bond acceptors (Lipinski definition) is 2. The molecule has 5 heteroatoms. The second kappa shape index (κ2) is 6.90. The lowest BCUT2D eigenvalue weighted by molar-refractivity contribution is -0.119. The first-order valence-electron chi connectivity index (χ1n) is 8.65. The van der Waals surface area contributed by atoms with Crippen LogP contribution < -0.4 is 4.90 Å². The first kappa shape index (κ1) is 17.3. The van der Waals surface area contributed by atoms with Gasteiger partial charge in [0.05, 0.1) is 10.7 Å². The van der Waals surface area contributed by atoms with Crippen molar-refractivity contribution in [1.29, 1.82) is 0 Å². The van der Waals surface area contributed by atoms with Crippen LogP contribution in [0.4, 0.5) is 5.69 Å². The van der Waals surface area contributed by atoms with Gasteiger partial charge in [-0.15, -0.1) is 0 Å². The molecule has 2 aromatic carbocycles. The van der Waals surface area contributed by atoms with Crippen molar-refractivity contribution in [2.24, 2.45) is 0 Å². The first-order chi connectivity index (χ1) is 12.6. The summed E-state index contributed by atoms with van der Waals surface area (Å²) in [6, 6.07) is 14.9. The van der Waals surface area contributed by atoms with Crippen molar-refractivity contribution in [3.05, 3.63) is 75.4 Å². The number of amides is 1. The Bertz CT molecular complexity index is 921. The van der Waals surface area contributed by atoms with Crippen LogP contribution in [-0.4, -0.2) is 11.7 Å². The molecule has 0 N–H and O–H groups in total. The topological polar surface area (TPSA) is 37.4 Å². The fourth-order valence-corrected chi connectivity index (χ4v) is 4.40. The highest BCUT2D eigenvalue weighted by Crippen LogP contribution is 2.44. The number of carbonyl (C=O) groups is 2. The van der Waals surface area contributed by atoms with Gasteiger partial charge >= 0.3 is 0 Å². The highest BCUT2D eigenvalue weighted by Gasteiger charge is 2.40. The molecule has 2 aliphatic rings. The van der Waals surface area contributed by atoms with Crippen LogP contribution in [0.25, 0.3) is 0 Å². The van der Waals surface area contributed by atoms with E-state index in [4.69, 9.17) is 23.2 Å². The Kier molecular flexibility index (Phi) is 4.60. The maximum absolute atomic E-state index is 13.1. The molecule has 4 rings (SSSR count). The second-order valence-corrected chi connectivity index (χ2v) is 7.47. The monoisotopic (exact) mass is 385 g/mol. The van der Waals surface area contributed by atoms with Crippen LogP contribution in [0.3, 0.4) is 0 Å². The van der Waals surface area contributed by atoms with Gasteiger partial charge in [0.15, 0.2) is 5.78 Å². The van der Waals surface area contributed by atoms with Crippen LogP contribution in [0.5, 0.6) is 0 Å². The summed E-state index contributed by atoms with van der Waals surface area (Å²) in [5, 5.41) is 0.924. The molecule has 1 aliphatic heterocycles. The Balaban J connectivity index is 1.88. The first-order valence-corrected chi connectivity index (χ1v) is 9.41. The fourth-order valence-electron chi connectivity index (χ4n) is 3.91. The van der Waals surface area contributed by atoms with Crippen LogP contribution in [0.15, 0.2) is 59.8 Å². The fraction of sp³-hybridized carbons (Fsp3) is 0.238. The van der Waals surface area contributed by atoms with Gasteiger partial charge in [0.1, 0.15) is 0 Å². The molecule has 3 nitrogen and oxygen atoms in total. The van der Waals surface area contributed by atoms with E-state index in [0.29, 0.717) is 28.6 Å². The quantitative estimate of drug-likeness (QED) is 0.682. The third-order valence-corrected chi connectivity index (χ3v) is 5.57. The number of ketones is 1. The van der Waals surface area contributed by atoms with Crippen molar-refractivity contribution in [3.63, 3.8) is 0 Å². The van der Waals surface area contributed by atoms with Crippen molar-refractivity contribution >= 4 is 40.6 Å². The molecule has 2 aromatic rings. The summed E-state index contributed by atoms with van der Waals surface area (Å²) in [5.41, 5.74) is 3.14. The molecule has 0 saturated heterocycles. The molecule has 26 heavy (non-hydrogen) atoms. The maximum atomic E-state index is 13.1. The molecule has 1 heterocycles. The summed E-state index contributed by atoms with van der Waals surface area (Å²) in [6.45, 7) is 0. The van der Waals surface area contributed by atoms with Gasteiger partial charge in [0.25, 0.3) is 0 Å². The smallest absolute Gasteiger partial charge is 0.232 e. The van der Waals surface area contributed by atoms with E-state index in [1.807, 2.05) is 30.3 Å². The molecule has 132 valence electrons. The van der Waals surface area contributed by atoms with Gasteiger partial charge in [-0.25, -0.2) is 0 Å². The number of halogens is 2. The Morgan fingerprint density at radius 2 is 1.73 bits per heavy atom. The standard InChI is InChI=1S/C21H17Cl2NO2/c22-14-9-10-17(16(23)11-14)24-18-7-4-8-19(25)21(18)15(12-20(24)26)13-5-2-1-3-6-13/h1-3,5-6,9-11,15H,4,7-8,12H2. The van der Waals surface area contributed by atoms with Gasteiger partial charge in [-0.2, -0.15) is 0 Å². The van der Waals surface area contributed by atoms with Crippen molar-refractivity contribution in [1.82, 2.24) is 0 Å². The van der Waals surface area contributed by atoms with Gasteiger partial charge in [0, 0.05) is 35.1 Å². The summed E-state index contributed by atoms with van der Waals surface area (Å²) in [5.74, 6) is -0.104. The van der Waals surface area contributed by atoms with Crippen molar-refractivity contribution in [2.75, 3.05) is 4.90 Å². The van der Waals surface area contributed by atoms with Crippen molar-refractivity contribution < 1.29 is 9.59 Å². The lowest BCUT2D eigenvalue weighted by atomic mass is 9.77. The van der Waals surface area contributed by atoms with Crippen LogP contribution in [-0.2, 0) is 9.59 Å². The van der Waals surface area contributed by atoms with E-state index in [1.54, 1.807) is 23.1 Å². The number of carbonyl (C=O) groups excluding carboxylic acids is 2. The van der Waals surface area contributed by atoms with Gasteiger partial charge < -0.3 is 0 Å². The second-order valence-electron chi connectivity index (χ2n) is 6.63. The predicted molar refractivity (Wildman–Crippen MR) is 104 cm³/mol. The minimum atomic E-state index is -0.186. The van der Waals surface area contributed by atoms with Gasteiger partial charge in [0.2, 0.25) is 5.91 Å². The normalized spacial score (nSPS) is 20.4. The molecule has 0 fully saturated rings. The minimum Gasteiger partial charge on any atom is -0.294 e. The summed E-state index contributed by atoms with van der Waals surface area (Å²) in [6.07, 6.45) is 2.22. The predicted octanol–water partition coefficient (Wildman–Crippen LogP) is 5.52. The highest BCUT2D eigenvalue weighted by atomic mass is 35.5. The average molecular weight is 386 g/mol. The summed E-state index contributed by atoms with van der Waals surface area (Å²) >= 11 is 12.4. The Hall–Kier alpha value is -2.10. The van der Waals surface area contributed by atoms with E-state index >= 15 is 0 Å². The zero-order chi connectivity index (χ0) is 18.3. The molecule has 0 saturated carbocycles. The summed E-state index contributed by atoms with van der Waals surface area (Å²) in [4.78, 5) is 27.5. The molecule has 1 aliphatic carbocycles. The molecule has 0 radical (unpaired) electrons. The lowest BCUT2D eigenvalue weighted by Crippen LogP contribution is -2.40. The number of Topliss-reactive ketones (excluding diaryl/α,β-unsaturated/α-hetero) is 1. The maximum Gasteiger partial charge on any atom is 0.232 e. The SMILES string of the molecule is O=C1CCCC2=C1C(c1ccccc1)CC(=O)N2c1ccc(Cl)cc1Cl. The average Bonchev–Trinajstić information content (AvgIpc) is 2.63. The summed E-state index contributed by atoms with van der Waals surface area (Å²) < 4.78 is 0. The molecule has 0 spiro atoms. The molecule has 1 unspecified atom stereocenters. The molecular weight excluding hydrogens is 369 g/mol. The minimum absolute atomic E-state index is 0.0449. The third kappa shape index (κ3) is 2.95. The van der Waals surface area contributed by atoms with Crippen LogP contribution in [0.2, 0.25) is 10.0 Å². The lowest BCUT2D eigenvalue weighted by Gasteiger charge is -2.38. The number of benzene rings is 2. The van der Waals surface area contributed by atoms with E-state index in [1.165, 1.54) is 0 Å². The third-order valence-electron chi connectivity index (χ3n) is 5.03. The van der Waals surface area contributed by atoms with Crippen LogP contribution in [0.1, 0.15) is 37.2 Å². The van der Waals surface area contributed by atoms with E-state index in [0.717, 1.165) is 23.3 Å². The van der Waals surface area contributed by atoms with Crippen LogP contribution in [0, 0.1) is 0 Å². The van der Waals surface area contributed by atoms with Crippen LogP contribution >= 0.6 is 23.2 Å². The molecule has 1 atom stereocenters. The largest absolute Gasteiger partial charge is 0.294 e. The van der Waals surface area contributed by atoms with Gasteiger partial charge in [-0.3, -0.25) is 14.5 Å². The highest BCUT2D eigenvalue weighted by molar-refractivity contribution is 6.37. The van der Waals surface area contributed by atoms with E-state index in [2.05, 4.69) is 0 Å². The molecule has 0 aromatic heterocycles. The zero-order valence-electron chi connectivity index (χ0n) is 14.0.